The number of sulfonamides is 1. The summed E-state index contributed by atoms with van der Waals surface area (Å²) in [7, 11) is -3.72. The molecule has 1 fully saturated rings. The van der Waals surface area contributed by atoms with Crippen LogP contribution in [-0.2, 0) is 27.8 Å². The molecule has 188 valence electrons. The smallest absolute Gasteiger partial charge is 0.259 e. The molecule has 9 heteroatoms. The minimum Gasteiger partial charge on any atom is -0.303 e. The molecule has 2 aliphatic heterocycles. The van der Waals surface area contributed by atoms with E-state index in [4.69, 9.17) is 0 Å². The first kappa shape index (κ1) is 24.0. The van der Waals surface area contributed by atoms with Crippen LogP contribution in [0.3, 0.4) is 0 Å². The summed E-state index contributed by atoms with van der Waals surface area (Å²) in [5, 5.41) is 3.44. The Hall–Kier alpha value is -3.40. The molecule has 4 heterocycles. The topological polar surface area (TPSA) is 87.7 Å². The molecule has 2 aliphatic rings. The first-order chi connectivity index (χ1) is 17.9. The van der Waals surface area contributed by atoms with Crippen LogP contribution in [0.5, 0.6) is 0 Å². The van der Waals surface area contributed by atoms with Gasteiger partial charge in [0.25, 0.3) is 15.9 Å². The average molecular weight is 532 g/mol. The van der Waals surface area contributed by atoms with Gasteiger partial charge in [0.15, 0.2) is 5.78 Å². The second-order valence-corrected chi connectivity index (χ2v) is 12.5. The van der Waals surface area contributed by atoms with Crippen LogP contribution in [0.15, 0.2) is 76.6 Å². The number of aromatic nitrogens is 1. The Balaban J connectivity index is 1.32. The Morgan fingerprint density at radius 3 is 2.65 bits per heavy atom. The van der Waals surface area contributed by atoms with Crippen molar-refractivity contribution in [3.63, 3.8) is 0 Å². The lowest BCUT2D eigenvalue weighted by Crippen LogP contribution is -2.48. The third kappa shape index (κ3) is 4.17. The normalized spacial score (nSPS) is 18.0. The Morgan fingerprint density at radius 1 is 1.03 bits per heavy atom. The van der Waals surface area contributed by atoms with Gasteiger partial charge in [0.1, 0.15) is 4.21 Å². The van der Waals surface area contributed by atoms with Crippen LogP contribution >= 0.6 is 11.3 Å². The van der Waals surface area contributed by atoms with Gasteiger partial charge in [0, 0.05) is 36.3 Å². The zero-order valence-corrected chi connectivity index (χ0v) is 21.7. The minimum absolute atomic E-state index is 0.0682. The lowest BCUT2D eigenvalue weighted by atomic mass is 9.93. The molecule has 7 nitrogen and oxygen atoms in total. The lowest BCUT2D eigenvalue weighted by Gasteiger charge is -2.33. The third-order valence-electron chi connectivity index (χ3n) is 7.21. The zero-order valence-electron chi connectivity index (χ0n) is 20.0. The van der Waals surface area contributed by atoms with Gasteiger partial charge < -0.3 is 4.90 Å². The van der Waals surface area contributed by atoms with Crippen molar-refractivity contribution in [1.82, 2.24) is 9.29 Å². The lowest BCUT2D eigenvalue weighted by molar-refractivity contribution is -0.122. The predicted octanol–water partition coefficient (Wildman–Crippen LogP) is 4.81. The minimum atomic E-state index is -3.72. The van der Waals surface area contributed by atoms with Crippen LogP contribution in [0.2, 0.25) is 0 Å². The van der Waals surface area contributed by atoms with Crippen LogP contribution in [0.1, 0.15) is 40.7 Å². The number of Topliss-reactive ketones (excluding diaryl/α,β-unsaturated/α-hetero) is 1. The number of benzene rings is 2. The molecule has 6 rings (SSSR count). The van der Waals surface area contributed by atoms with Crippen molar-refractivity contribution in [3.05, 3.63) is 89.1 Å². The second-order valence-electron chi connectivity index (χ2n) is 9.42. The maximum atomic E-state index is 13.6. The molecular weight excluding hydrogens is 506 g/mol. The number of hydrogen-bond acceptors (Lipinski definition) is 6. The van der Waals surface area contributed by atoms with Gasteiger partial charge in [0.2, 0.25) is 0 Å². The largest absolute Gasteiger partial charge is 0.303 e. The highest BCUT2D eigenvalue weighted by Gasteiger charge is 2.38. The second kappa shape index (κ2) is 9.48. The monoisotopic (exact) mass is 531 g/mol. The molecule has 0 aliphatic carbocycles. The summed E-state index contributed by atoms with van der Waals surface area (Å²) in [6.45, 7) is 0.778. The molecule has 0 N–H and O–H groups in total. The summed E-state index contributed by atoms with van der Waals surface area (Å²) in [4.78, 5) is 32.7. The molecule has 4 aromatic rings. The fraction of sp³-hybridized carbons (Fsp3) is 0.250. The van der Waals surface area contributed by atoms with E-state index in [9.17, 15) is 18.0 Å². The molecule has 0 bridgehead atoms. The Morgan fingerprint density at radius 2 is 1.86 bits per heavy atom. The number of carbonyl (C=O) groups is 2. The summed E-state index contributed by atoms with van der Waals surface area (Å²) in [6, 6.07) is 15.8. The molecule has 1 saturated heterocycles. The van der Waals surface area contributed by atoms with E-state index in [0.717, 1.165) is 40.4 Å². The van der Waals surface area contributed by atoms with Gasteiger partial charge in [0.05, 0.1) is 18.3 Å². The maximum Gasteiger partial charge on any atom is 0.259 e. The van der Waals surface area contributed by atoms with Gasteiger partial charge in [-0.15, -0.1) is 11.3 Å². The van der Waals surface area contributed by atoms with Crippen LogP contribution in [0.4, 0.5) is 5.69 Å². The first-order valence-corrected chi connectivity index (χ1v) is 14.6. The zero-order chi connectivity index (χ0) is 25.6. The maximum absolute atomic E-state index is 13.6. The highest BCUT2D eigenvalue weighted by Crippen LogP contribution is 2.40. The molecular formula is C28H25N3O4S2. The Bertz CT molecular complexity index is 1600. The molecule has 2 aromatic heterocycles. The first-order valence-electron chi connectivity index (χ1n) is 12.3. The molecule has 1 unspecified atom stereocenters. The number of rotatable bonds is 7. The summed E-state index contributed by atoms with van der Waals surface area (Å²) in [5.74, 6) is -0.181. The summed E-state index contributed by atoms with van der Waals surface area (Å²) < 4.78 is 28.2. The fourth-order valence-electron chi connectivity index (χ4n) is 5.43. The van der Waals surface area contributed by atoms with Crippen LogP contribution in [0, 0.1) is 0 Å². The number of anilines is 1. The van der Waals surface area contributed by atoms with E-state index in [-0.39, 0.29) is 22.3 Å². The van der Waals surface area contributed by atoms with E-state index in [2.05, 4.69) is 4.98 Å². The van der Waals surface area contributed by atoms with E-state index >= 15 is 0 Å². The standard InChI is InChI=1S/C28H25N3O4S2/c32-25(23-7-1-2-15-31(23)37(34,35)26-8-4-16-36-26)17-20-9-10-24-27-21(20)5-3-6-22(27)28(33)30(24)18-19-11-13-29-14-12-19/h3-6,8-14,16,23H,1-2,7,15,17-18H2. The van der Waals surface area contributed by atoms with E-state index in [0.29, 0.717) is 25.1 Å². The fourth-order valence-corrected chi connectivity index (χ4v) is 8.23. The van der Waals surface area contributed by atoms with Crippen molar-refractivity contribution in [2.24, 2.45) is 0 Å². The predicted molar refractivity (Wildman–Crippen MR) is 143 cm³/mol. The van der Waals surface area contributed by atoms with Crippen molar-refractivity contribution in [1.29, 1.82) is 0 Å². The average Bonchev–Trinajstić information content (AvgIpc) is 3.56. The van der Waals surface area contributed by atoms with Crippen LogP contribution < -0.4 is 4.90 Å². The number of amides is 1. The summed E-state index contributed by atoms with van der Waals surface area (Å²) in [5.41, 5.74) is 3.23. The molecule has 1 amide bonds. The molecule has 37 heavy (non-hydrogen) atoms. The highest BCUT2D eigenvalue weighted by atomic mass is 32.2. The number of ketones is 1. The van der Waals surface area contributed by atoms with Crippen molar-refractivity contribution in [2.75, 3.05) is 11.4 Å². The molecule has 2 aromatic carbocycles. The quantitative estimate of drug-likeness (QED) is 0.342. The van der Waals surface area contributed by atoms with Crippen molar-refractivity contribution < 1.29 is 18.0 Å². The number of nitrogens with zero attached hydrogens (tertiary/aromatic N) is 3. The third-order valence-corrected chi connectivity index (χ3v) is 10.5. The van der Waals surface area contributed by atoms with Gasteiger partial charge in [-0.1, -0.05) is 30.7 Å². The number of pyridine rings is 1. The summed E-state index contributed by atoms with van der Waals surface area (Å²) >= 11 is 1.17. The number of thiophene rings is 1. The molecule has 0 saturated carbocycles. The number of hydrogen-bond donors (Lipinski definition) is 0. The SMILES string of the molecule is O=C(Cc1ccc2c3c(cccc13)C(=O)N2Cc1ccncc1)C1CCCCN1S(=O)(=O)c1cccs1. The van der Waals surface area contributed by atoms with Gasteiger partial charge in [-0.3, -0.25) is 14.6 Å². The van der Waals surface area contributed by atoms with E-state index < -0.39 is 16.1 Å². The number of carbonyl (C=O) groups excluding carboxylic acids is 2. The molecule has 0 radical (unpaired) electrons. The van der Waals surface area contributed by atoms with E-state index in [1.807, 2.05) is 42.5 Å². The highest BCUT2D eigenvalue weighted by molar-refractivity contribution is 7.91. The molecule has 1 atom stereocenters. The van der Waals surface area contributed by atoms with E-state index in [1.165, 1.54) is 15.6 Å². The number of piperidine rings is 1. The van der Waals surface area contributed by atoms with E-state index in [1.54, 1.807) is 34.8 Å². The van der Waals surface area contributed by atoms with Gasteiger partial charge >= 0.3 is 0 Å². The van der Waals surface area contributed by atoms with Crippen molar-refractivity contribution in [3.8, 4) is 0 Å². The van der Waals surface area contributed by atoms with Gasteiger partial charge in [-0.25, -0.2) is 8.42 Å². The van der Waals surface area contributed by atoms with Crippen LogP contribution in [-0.4, -0.2) is 42.0 Å². The van der Waals surface area contributed by atoms with Crippen LogP contribution in [0.25, 0.3) is 10.8 Å². The Labute approximate surface area is 219 Å². The Kier molecular flexibility index (Phi) is 6.14. The van der Waals surface area contributed by atoms with Crippen molar-refractivity contribution >= 4 is 49.5 Å². The molecule has 0 spiro atoms. The summed E-state index contributed by atoms with van der Waals surface area (Å²) in [6.07, 6.45) is 5.60. The van der Waals surface area contributed by atoms with Gasteiger partial charge in [-0.05, 0) is 65.1 Å². The van der Waals surface area contributed by atoms with Gasteiger partial charge in [-0.2, -0.15) is 4.31 Å². The van der Waals surface area contributed by atoms with Crippen molar-refractivity contribution in [2.45, 2.75) is 42.5 Å².